The molecule has 0 saturated heterocycles. The first-order valence-electron chi connectivity index (χ1n) is 12.1. The van der Waals surface area contributed by atoms with Gasteiger partial charge in [-0.15, -0.1) is 11.8 Å². The number of carbonyl (C=O) groups is 1. The van der Waals surface area contributed by atoms with Crippen molar-refractivity contribution in [2.24, 2.45) is 0 Å². The van der Waals surface area contributed by atoms with Crippen LogP contribution in [0.4, 0.5) is 0 Å². The lowest BCUT2D eigenvalue weighted by Gasteiger charge is -2.38. The minimum absolute atomic E-state index is 0.0932. The molecule has 1 heterocycles. The fourth-order valence-corrected chi connectivity index (χ4v) is 5.96. The molecule has 2 aromatic carbocycles. The number of hydrogen-bond acceptors (Lipinski definition) is 3. The Labute approximate surface area is 198 Å². The van der Waals surface area contributed by atoms with Crippen LogP contribution in [0.3, 0.4) is 0 Å². The number of carbonyl (C=O) groups excluding carboxylic acids is 1. The average molecular weight is 449 g/mol. The second-order valence-electron chi connectivity index (χ2n) is 8.71. The molecule has 1 aliphatic rings. The first-order chi connectivity index (χ1) is 15.5. The van der Waals surface area contributed by atoms with Crippen LogP contribution in [-0.4, -0.2) is 18.3 Å². The summed E-state index contributed by atoms with van der Waals surface area (Å²) in [5, 5.41) is 0. The van der Waals surface area contributed by atoms with E-state index in [4.69, 9.17) is 4.74 Å². The van der Waals surface area contributed by atoms with Crippen LogP contribution in [0.2, 0.25) is 0 Å². The number of ether oxygens (including phenoxy) is 1. The normalized spacial score (nSPS) is 14.2. The van der Waals surface area contributed by atoms with Crippen molar-refractivity contribution in [3.63, 3.8) is 0 Å². The van der Waals surface area contributed by atoms with E-state index < -0.39 is 0 Å². The molecule has 0 fully saturated rings. The minimum Gasteiger partial charge on any atom is -0.466 e. The number of fused-ring (bicyclic) bond motifs is 1. The van der Waals surface area contributed by atoms with Crippen LogP contribution in [0.1, 0.15) is 87.1 Å². The Morgan fingerprint density at radius 1 is 1.06 bits per heavy atom. The summed E-state index contributed by atoms with van der Waals surface area (Å²) < 4.78 is 4.98. The van der Waals surface area contributed by atoms with Crippen LogP contribution in [-0.2, 0) is 21.4 Å². The van der Waals surface area contributed by atoms with Gasteiger partial charge < -0.3 is 4.74 Å². The highest BCUT2D eigenvalue weighted by atomic mass is 32.2. The zero-order valence-electron chi connectivity index (χ0n) is 20.1. The second-order valence-corrected chi connectivity index (χ2v) is 9.84. The monoisotopic (exact) mass is 448 g/mol. The van der Waals surface area contributed by atoms with Crippen LogP contribution in [0, 0.1) is 18.8 Å². The van der Waals surface area contributed by atoms with Crippen molar-refractivity contribution in [2.45, 2.75) is 83.0 Å². The third-order valence-electron chi connectivity index (χ3n) is 6.79. The lowest BCUT2D eigenvalue weighted by molar-refractivity contribution is -0.143. The summed E-state index contributed by atoms with van der Waals surface area (Å²) in [5.74, 6) is 7.95. The van der Waals surface area contributed by atoms with Crippen LogP contribution >= 0.6 is 11.8 Å². The Morgan fingerprint density at radius 2 is 1.81 bits per heavy atom. The van der Waals surface area contributed by atoms with Crippen molar-refractivity contribution in [2.75, 3.05) is 12.4 Å². The molecule has 2 aromatic rings. The summed E-state index contributed by atoms with van der Waals surface area (Å²) in [6, 6.07) is 13.3. The molecule has 2 nitrogen and oxygen atoms in total. The largest absolute Gasteiger partial charge is 0.466 e. The van der Waals surface area contributed by atoms with E-state index in [0.717, 1.165) is 30.4 Å². The van der Waals surface area contributed by atoms with E-state index in [1.807, 2.05) is 18.7 Å². The predicted molar refractivity (Wildman–Crippen MR) is 135 cm³/mol. The summed E-state index contributed by atoms with van der Waals surface area (Å²) in [6.07, 6.45) is 6.98. The molecule has 3 rings (SSSR count). The van der Waals surface area contributed by atoms with Crippen molar-refractivity contribution < 1.29 is 9.53 Å². The first-order valence-corrected chi connectivity index (χ1v) is 13.0. The van der Waals surface area contributed by atoms with Gasteiger partial charge >= 0.3 is 5.97 Å². The smallest absolute Gasteiger partial charge is 0.305 e. The SMILES string of the molecule is CCOC(=O)CCCCc1ccc(C#Cc2cc3c(cc2C)SCCC3(CC)CC)cc1. The molecule has 32 heavy (non-hydrogen) atoms. The highest BCUT2D eigenvalue weighted by Gasteiger charge is 2.34. The van der Waals surface area contributed by atoms with Gasteiger partial charge in [0, 0.05) is 22.4 Å². The van der Waals surface area contributed by atoms with Gasteiger partial charge in [-0.1, -0.05) is 37.8 Å². The average Bonchev–Trinajstić information content (AvgIpc) is 2.81. The van der Waals surface area contributed by atoms with Crippen LogP contribution in [0.15, 0.2) is 41.3 Å². The van der Waals surface area contributed by atoms with E-state index in [2.05, 4.69) is 69.0 Å². The maximum Gasteiger partial charge on any atom is 0.305 e. The number of rotatable bonds is 8. The van der Waals surface area contributed by atoms with E-state index in [0.29, 0.717) is 18.4 Å². The van der Waals surface area contributed by atoms with Gasteiger partial charge in [0.05, 0.1) is 6.61 Å². The lowest BCUT2D eigenvalue weighted by atomic mass is 9.73. The zero-order chi connectivity index (χ0) is 23.0. The summed E-state index contributed by atoms with van der Waals surface area (Å²) in [5.41, 5.74) is 6.57. The fraction of sp³-hybridized carbons (Fsp3) is 0.483. The van der Waals surface area contributed by atoms with Gasteiger partial charge in [0.2, 0.25) is 0 Å². The third-order valence-corrected chi connectivity index (χ3v) is 7.84. The second kappa shape index (κ2) is 11.6. The highest BCUT2D eigenvalue weighted by Crippen LogP contribution is 2.46. The number of benzene rings is 2. The van der Waals surface area contributed by atoms with Crippen LogP contribution in [0.25, 0.3) is 0 Å². The van der Waals surface area contributed by atoms with Gasteiger partial charge in [-0.25, -0.2) is 0 Å². The summed E-state index contributed by atoms with van der Waals surface area (Å²) >= 11 is 2.00. The molecule has 0 aliphatic carbocycles. The molecule has 0 amide bonds. The summed E-state index contributed by atoms with van der Waals surface area (Å²) in [4.78, 5) is 12.9. The number of thioether (sulfide) groups is 1. The van der Waals surface area contributed by atoms with E-state index in [1.165, 1.54) is 46.6 Å². The Hall–Kier alpha value is -2.18. The maximum absolute atomic E-state index is 11.4. The van der Waals surface area contributed by atoms with Crippen molar-refractivity contribution in [3.8, 4) is 11.8 Å². The van der Waals surface area contributed by atoms with Crippen LogP contribution < -0.4 is 0 Å². The molecule has 3 heteroatoms. The standard InChI is InChI=1S/C29H36O2S/c1-5-29(6-2)18-19-32-27-20-22(4)25(21-26(27)29)17-16-24-14-12-23(13-15-24)10-8-9-11-28(30)31-7-3/h12-15,20-21H,5-11,18-19H2,1-4H3. The van der Waals surface area contributed by atoms with Gasteiger partial charge in [0.1, 0.15) is 0 Å². The number of unbranched alkanes of at least 4 members (excludes halogenated alkanes) is 1. The van der Waals surface area contributed by atoms with E-state index in [9.17, 15) is 4.79 Å². The van der Waals surface area contributed by atoms with Gasteiger partial charge in [-0.3, -0.25) is 4.79 Å². The van der Waals surface area contributed by atoms with Crippen molar-refractivity contribution in [1.29, 1.82) is 0 Å². The Balaban J connectivity index is 1.67. The highest BCUT2D eigenvalue weighted by molar-refractivity contribution is 7.99. The van der Waals surface area contributed by atoms with Crippen molar-refractivity contribution >= 4 is 17.7 Å². The van der Waals surface area contributed by atoms with Crippen molar-refractivity contribution in [1.82, 2.24) is 0 Å². The first kappa shape index (κ1) is 24.5. The lowest BCUT2D eigenvalue weighted by Crippen LogP contribution is -2.29. The van der Waals surface area contributed by atoms with Crippen LogP contribution in [0.5, 0.6) is 0 Å². The van der Waals surface area contributed by atoms with Crippen molar-refractivity contribution in [3.05, 3.63) is 64.2 Å². The Bertz CT molecular complexity index is 975. The van der Waals surface area contributed by atoms with Gasteiger partial charge in [0.15, 0.2) is 0 Å². The molecule has 0 aromatic heterocycles. The molecule has 170 valence electrons. The predicted octanol–water partition coefficient (Wildman–Crippen LogP) is 7.22. The number of hydrogen-bond donors (Lipinski definition) is 0. The van der Waals surface area contributed by atoms with E-state index in [1.54, 1.807) is 0 Å². The number of esters is 1. The molecule has 1 aliphatic heterocycles. The molecule has 0 saturated carbocycles. The van der Waals surface area contributed by atoms with E-state index >= 15 is 0 Å². The molecule has 0 atom stereocenters. The van der Waals surface area contributed by atoms with Gasteiger partial charge in [-0.05, 0) is 104 Å². The molecule has 0 spiro atoms. The molecular formula is C29H36O2S. The Kier molecular flexibility index (Phi) is 8.88. The van der Waals surface area contributed by atoms with Gasteiger partial charge in [-0.2, -0.15) is 0 Å². The third kappa shape index (κ3) is 5.99. The molecule has 0 unspecified atom stereocenters. The molecule has 0 N–H and O–H groups in total. The number of aryl methyl sites for hydroxylation is 2. The topological polar surface area (TPSA) is 26.3 Å². The maximum atomic E-state index is 11.4. The zero-order valence-corrected chi connectivity index (χ0v) is 20.9. The molecular weight excluding hydrogens is 412 g/mol. The quantitative estimate of drug-likeness (QED) is 0.242. The Morgan fingerprint density at radius 3 is 2.50 bits per heavy atom. The summed E-state index contributed by atoms with van der Waals surface area (Å²) in [7, 11) is 0. The van der Waals surface area contributed by atoms with E-state index in [-0.39, 0.29) is 5.97 Å². The summed E-state index contributed by atoms with van der Waals surface area (Å²) in [6.45, 7) is 9.14. The fourth-order valence-electron chi connectivity index (χ4n) is 4.55. The molecule has 0 radical (unpaired) electrons. The molecule has 0 bridgehead atoms. The minimum atomic E-state index is -0.0932. The van der Waals surface area contributed by atoms with Gasteiger partial charge in [0.25, 0.3) is 0 Å².